The summed E-state index contributed by atoms with van der Waals surface area (Å²) in [5, 5.41) is 10.2. The highest BCUT2D eigenvalue weighted by Crippen LogP contribution is 2.40. The molecule has 6 nitrogen and oxygen atoms in total. The maximum atomic E-state index is 13.6. The normalized spacial score (nSPS) is 20.5. The van der Waals surface area contributed by atoms with E-state index in [4.69, 9.17) is 10.5 Å². The number of rotatable bonds is 6. The fraction of sp³-hybridized carbons (Fsp3) is 0.400. The molecule has 9 heteroatoms. The zero-order valence-corrected chi connectivity index (χ0v) is 19.1. The summed E-state index contributed by atoms with van der Waals surface area (Å²) in [6.45, 7) is 3.78. The Balaban J connectivity index is 1.78. The number of anilines is 1. The van der Waals surface area contributed by atoms with Crippen LogP contribution < -0.4 is 10.5 Å². The van der Waals surface area contributed by atoms with Gasteiger partial charge in [-0.1, -0.05) is 0 Å². The van der Waals surface area contributed by atoms with Crippen molar-refractivity contribution in [3.63, 3.8) is 0 Å². The van der Waals surface area contributed by atoms with Gasteiger partial charge in [0.05, 0.1) is 23.5 Å². The van der Waals surface area contributed by atoms with Crippen molar-refractivity contribution in [1.82, 2.24) is 15.0 Å². The molecule has 1 aliphatic carbocycles. The van der Waals surface area contributed by atoms with Crippen molar-refractivity contribution in [2.75, 3.05) is 12.3 Å². The molecule has 0 radical (unpaired) electrons. The Morgan fingerprint density at radius 1 is 1.09 bits per heavy atom. The van der Waals surface area contributed by atoms with Crippen molar-refractivity contribution in [2.45, 2.75) is 51.6 Å². The summed E-state index contributed by atoms with van der Waals surface area (Å²) < 4.78 is 46.7. The Hall–Kier alpha value is -3.20. The van der Waals surface area contributed by atoms with E-state index in [1.807, 2.05) is 6.92 Å². The Morgan fingerprint density at radius 3 is 2.41 bits per heavy atom. The lowest BCUT2D eigenvalue weighted by molar-refractivity contribution is 0.00132. The van der Waals surface area contributed by atoms with Gasteiger partial charge in [-0.3, -0.25) is 4.98 Å². The molecule has 0 aliphatic heterocycles. The van der Waals surface area contributed by atoms with E-state index in [1.165, 1.54) is 30.3 Å². The van der Waals surface area contributed by atoms with Crippen LogP contribution >= 0.6 is 0 Å². The molecule has 0 saturated heterocycles. The van der Waals surface area contributed by atoms with Crippen molar-refractivity contribution < 1.29 is 23.0 Å². The quantitative estimate of drug-likeness (QED) is 0.493. The Labute approximate surface area is 196 Å². The van der Waals surface area contributed by atoms with Crippen LogP contribution in [0.15, 0.2) is 36.4 Å². The molecule has 2 heterocycles. The summed E-state index contributed by atoms with van der Waals surface area (Å²) >= 11 is 0. The first-order valence-corrected chi connectivity index (χ1v) is 11.2. The molecule has 2 aromatic heterocycles. The number of alkyl halides is 2. The van der Waals surface area contributed by atoms with Gasteiger partial charge in [0.25, 0.3) is 6.43 Å². The van der Waals surface area contributed by atoms with Gasteiger partial charge in [0.1, 0.15) is 11.5 Å². The first-order valence-electron chi connectivity index (χ1n) is 11.2. The van der Waals surface area contributed by atoms with E-state index in [1.54, 1.807) is 13.0 Å². The number of nitrogens with zero attached hydrogens (tertiary/aromatic N) is 3. The molecule has 4 rings (SSSR count). The number of pyridine rings is 1. The highest BCUT2D eigenvalue weighted by atomic mass is 19.3. The van der Waals surface area contributed by atoms with Gasteiger partial charge in [0.2, 0.25) is 11.8 Å². The fourth-order valence-electron chi connectivity index (χ4n) is 4.25. The van der Waals surface area contributed by atoms with Crippen LogP contribution in [0, 0.1) is 18.7 Å². The van der Waals surface area contributed by atoms with Crippen molar-refractivity contribution in [2.24, 2.45) is 5.92 Å². The molecule has 1 aliphatic rings. The Morgan fingerprint density at radius 2 is 1.76 bits per heavy atom. The predicted octanol–water partition coefficient (Wildman–Crippen LogP) is 5.49. The average molecular weight is 473 g/mol. The number of nitrogen functional groups attached to an aromatic ring is 1. The summed E-state index contributed by atoms with van der Waals surface area (Å²) in [5.41, 5.74) is 7.01. The van der Waals surface area contributed by atoms with Crippen LogP contribution in [-0.2, 0) is 0 Å². The third-order valence-electron chi connectivity index (χ3n) is 6.13. The molecule has 34 heavy (non-hydrogen) atoms. The maximum absolute atomic E-state index is 13.6. The van der Waals surface area contributed by atoms with Gasteiger partial charge in [-0.2, -0.15) is 4.98 Å². The second-order valence-electron chi connectivity index (χ2n) is 9.09. The third-order valence-corrected chi connectivity index (χ3v) is 6.13. The van der Waals surface area contributed by atoms with Gasteiger partial charge in [-0.25, -0.2) is 18.2 Å². The first kappa shape index (κ1) is 23.9. The molecule has 0 spiro atoms. The predicted molar refractivity (Wildman–Crippen MR) is 123 cm³/mol. The first-order chi connectivity index (χ1) is 16.1. The third kappa shape index (κ3) is 5.47. The average Bonchev–Trinajstić information content (AvgIpc) is 2.78. The number of hydrogen-bond donors (Lipinski definition) is 2. The molecule has 1 saturated carbocycles. The zero-order valence-electron chi connectivity index (χ0n) is 19.1. The molecule has 3 aromatic rings. The fourth-order valence-corrected chi connectivity index (χ4v) is 4.25. The minimum atomic E-state index is -2.76. The van der Waals surface area contributed by atoms with Crippen LogP contribution in [0.1, 0.15) is 50.4 Å². The smallest absolute Gasteiger partial charge is 0.280 e. The van der Waals surface area contributed by atoms with Crippen LogP contribution in [0.5, 0.6) is 5.88 Å². The van der Waals surface area contributed by atoms with Crippen LogP contribution in [0.2, 0.25) is 0 Å². The molecule has 0 unspecified atom stereocenters. The second kappa shape index (κ2) is 9.58. The van der Waals surface area contributed by atoms with Gasteiger partial charge in [0, 0.05) is 11.3 Å². The minimum Gasteiger partial charge on any atom is -0.477 e. The lowest BCUT2D eigenvalue weighted by atomic mass is 9.80. The van der Waals surface area contributed by atoms with Crippen molar-refractivity contribution in [1.29, 1.82) is 0 Å². The van der Waals surface area contributed by atoms with E-state index in [-0.39, 0.29) is 23.4 Å². The number of hydrogen-bond acceptors (Lipinski definition) is 6. The molecule has 1 aromatic carbocycles. The summed E-state index contributed by atoms with van der Waals surface area (Å²) in [6.07, 6.45) is 0.154. The van der Waals surface area contributed by atoms with Crippen LogP contribution in [0.4, 0.5) is 19.1 Å². The molecular weight excluding hydrogens is 445 g/mol. The lowest BCUT2D eigenvalue weighted by Crippen LogP contribution is -2.32. The van der Waals surface area contributed by atoms with Gasteiger partial charge in [-0.15, -0.1) is 0 Å². The van der Waals surface area contributed by atoms with E-state index in [0.717, 1.165) is 12.8 Å². The SMILES string of the molecule is Cc1cc(-c2c(OC[C@H]3CC[C@@](C)(O)CC3)nc(N)nc2-c2ccc(F)cc2)cc(C(F)F)n1. The van der Waals surface area contributed by atoms with Crippen LogP contribution in [0.3, 0.4) is 0 Å². The number of benzene rings is 1. The minimum absolute atomic E-state index is 0.0514. The van der Waals surface area contributed by atoms with E-state index in [9.17, 15) is 18.3 Å². The largest absolute Gasteiger partial charge is 0.477 e. The second-order valence-corrected chi connectivity index (χ2v) is 9.09. The lowest BCUT2D eigenvalue weighted by Gasteiger charge is -2.32. The number of halogens is 3. The van der Waals surface area contributed by atoms with Crippen molar-refractivity contribution in [3.05, 3.63) is 53.6 Å². The number of aliphatic hydroxyl groups is 1. The summed E-state index contributed by atoms with van der Waals surface area (Å²) in [7, 11) is 0. The maximum Gasteiger partial charge on any atom is 0.280 e. The molecule has 3 N–H and O–H groups in total. The molecule has 1 fully saturated rings. The molecule has 0 amide bonds. The highest BCUT2D eigenvalue weighted by molar-refractivity contribution is 5.85. The number of ether oxygens (including phenoxy) is 1. The summed E-state index contributed by atoms with van der Waals surface area (Å²) in [6, 6.07) is 8.58. The van der Waals surface area contributed by atoms with Crippen molar-refractivity contribution >= 4 is 5.95 Å². The van der Waals surface area contributed by atoms with Gasteiger partial charge in [-0.05, 0) is 87.4 Å². The van der Waals surface area contributed by atoms with Gasteiger partial charge in [0.15, 0.2) is 0 Å². The van der Waals surface area contributed by atoms with Gasteiger partial charge < -0.3 is 15.6 Å². The van der Waals surface area contributed by atoms with E-state index < -0.39 is 17.8 Å². The number of aryl methyl sites for hydroxylation is 1. The summed E-state index contributed by atoms with van der Waals surface area (Å²) in [4.78, 5) is 12.6. The van der Waals surface area contributed by atoms with Crippen LogP contribution in [-0.4, -0.2) is 32.3 Å². The zero-order chi connectivity index (χ0) is 24.5. The molecule has 0 bridgehead atoms. The van der Waals surface area contributed by atoms with Gasteiger partial charge >= 0.3 is 0 Å². The Bertz CT molecular complexity index is 1160. The number of aromatic nitrogens is 3. The molecule has 180 valence electrons. The van der Waals surface area contributed by atoms with Crippen molar-refractivity contribution in [3.8, 4) is 28.3 Å². The highest BCUT2D eigenvalue weighted by Gasteiger charge is 2.29. The molecule has 0 atom stereocenters. The van der Waals surface area contributed by atoms with E-state index in [0.29, 0.717) is 47.5 Å². The van der Waals surface area contributed by atoms with E-state index in [2.05, 4.69) is 15.0 Å². The molecular formula is C25H27F3N4O2. The topological polar surface area (TPSA) is 94.2 Å². The van der Waals surface area contributed by atoms with Crippen LogP contribution in [0.25, 0.3) is 22.4 Å². The summed E-state index contributed by atoms with van der Waals surface area (Å²) in [5.74, 6) is -0.106. The number of nitrogens with two attached hydrogens (primary N) is 1. The standard InChI is InChI=1S/C25H27F3N4O2/c1-14-11-17(12-19(30-14)22(27)28)20-21(16-3-5-18(26)6-4-16)31-24(29)32-23(20)34-13-15-7-9-25(2,33)10-8-15/h3-6,11-12,15,22,33H,7-10,13H2,1-2H3,(H2,29,31,32)/t15-,25+. The monoisotopic (exact) mass is 472 g/mol. The Kier molecular flexibility index (Phi) is 6.74. The van der Waals surface area contributed by atoms with E-state index >= 15 is 0 Å².